The Balaban J connectivity index is 1.60. The molecule has 0 N–H and O–H groups in total. The monoisotopic (exact) mass is 406 g/mol. The highest BCUT2D eigenvalue weighted by molar-refractivity contribution is 9.10. The van der Waals surface area contributed by atoms with Gasteiger partial charge < -0.3 is 0 Å². The molecule has 0 atom stereocenters. The Bertz CT molecular complexity index is 768. The van der Waals surface area contributed by atoms with E-state index in [1.165, 1.54) is 16.7 Å². The summed E-state index contributed by atoms with van der Waals surface area (Å²) in [6, 6.07) is 30.3. The summed E-state index contributed by atoms with van der Waals surface area (Å²) < 4.78 is 1.13. The summed E-state index contributed by atoms with van der Waals surface area (Å²) in [7, 11) is 0. The lowest BCUT2D eigenvalue weighted by Crippen LogP contribution is -2.30. The first-order chi connectivity index (χ1) is 12.8. The maximum Gasteiger partial charge on any atom is 0.0892 e. The van der Waals surface area contributed by atoms with E-state index in [9.17, 15) is 0 Å². The van der Waals surface area contributed by atoms with Crippen LogP contribution < -0.4 is 0 Å². The van der Waals surface area contributed by atoms with Crippen LogP contribution in [0.25, 0.3) is 0 Å². The average molecular weight is 407 g/mol. The highest BCUT2D eigenvalue weighted by Crippen LogP contribution is 2.33. The second-order valence-corrected chi connectivity index (χ2v) is 7.75. The maximum atomic E-state index is 3.56. The van der Waals surface area contributed by atoms with E-state index in [4.69, 9.17) is 0 Å². The van der Waals surface area contributed by atoms with E-state index >= 15 is 0 Å². The molecule has 1 aliphatic rings. The van der Waals surface area contributed by atoms with Crippen LogP contribution in [0.5, 0.6) is 0 Å². The summed E-state index contributed by atoms with van der Waals surface area (Å²) in [6.45, 7) is 4.13. The number of hydrogen-bond donors (Lipinski definition) is 0. The molecule has 1 fully saturated rings. The van der Waals surface area contributed by atoms with Crippen LogP contribution in [0.4, 0.5) is 0 Å². The lowest BCUT2D eigenvalue weighted by atomic mass is 10.1. The number of rotatable bonds is 5. The summed E-state index contributed by atoms with van der Waals surface area (Å²) in [4.78, 5) is 5.17. The van der Waals surface area contributed by atoms with Gasteiger partial charge in [-0.3, -0.25) is 9.80 Å². The molecule has 1 heterocycles. The van der Waals surface area contributed by atoms with E-state index in [1.54, 1.807) is 0 Å². The topological polar surface area (TPSA) is 6.48 Å². The summed E-state index contributed by atoms with van der Waals surface area (Å²) in [5.41, 5.74) is 4.10. The molecule has 1 aliphatic heterocycles. The van der Waals surface area contributed by atoms with E-state index in [0.29, 0.717) is 6.17 Å². The predicted octanol–water partition coefficient (Wildman–Crippen LogP) is 5.47. The van der Waals surface area contributed by atoms with Crippen molar-refractivity contribution in [3.05, 3.63) is 106 Å². The van der Waals surface area contributed by atoms with Crippen molar-refractivity contribution in [2.45, 2.75) is 19.3 Å². The van der Waals surface area contributed by atoms with Gasteiger partial charge in [-0.15, -0.1) is 0 Å². The molecule has 3 aromatic carbocycles. The molecule has 0 aromatic heterocycles. The Morgan fingerprint density at radius 3 is 1.58 bits per heavy atom. The SMILES string of the molecule is Brc1ccc(C2N(Cc3ccccc3)CCN2Cc2ccccc2)cc1. The molecule has 0 amide bonds. The summed E-state index contributed by atoms with van der Waals surface area (Å²) in [5, 5.41) is 0. The molecule has 0 saturated carbocycles. The lowest BCUT2D eigenvalue weighted by molar-refractivity contribution is 0.126. The lowest BCUT2D eigenvalue weighted by Gasteiger charge is -2.31. The molecule has 132 valence electrons. The van der Waals surface area contributed by atoms with Gasteiger partial charge >= 0.3 is 0 Å². The van der Waals surface area contributed by atoms with Crippen LogP contribution in [-0.4, -0.2) is 22.9 Å². The van der Waals surface area contributed by atoms with Gasteiger partial charge in [-0.25, -0.2) is 0 Å². The van der Waals surface area contributed by atoms with Crippen LogP contribution in [0, 0.1) is 0 Å². The van der Waals surface area contributed by atoms with Gasteiger partial charge in [-0.05, 0) is 28.8 Å². The fourth-order valence-corrected chi connectivity index (χ4v) is 4.02. The molecule has 0 bridgehead atoms. The zero-order valence-corrected chi connectivity index (χ0v) is 16.3. The van der Waals surface area contributed by atoms with Crippen molar-refractivity contribution in [2.24, 2.45) is 0 Å². The summed E-state index contributed by atoms with van der Waals surface area (Å²) >= 11 is 3.56. The summed E-state index contributed by atoms with van der Waals surface area (Å²) in [6.07, 6.45) is 0.309. The van der Waals surface area contributed by atoms with Gasteiger partial charge in [0.25, 0.3) is 0 Å². The van der Waals surface area contributed by atoms with Crippen LogP contribution >= 0.6 is 15.9 Å². The number of halogens is 1. The largest absolute Gasteiger partial charge is 0.279 e. The van der Waals surface area contributed by atoms with Gasteiger partial charge in [-0.1, -0.05) is 88.7 Å². The molecule has 3 aromatic rings. The third-order valence-electron chi connectivity index (χ3n) is 4.99. The van der Waals surface area contributed by atoms with Crippen LogP contribution in [0.3, 0.4) is 0 Å². The quantitative estimate of drug-likeness (QED) is 0.554. The molecule has 2 nitrogen and oxygen atoms in total. The minimum Gasteiger partial charge on any atom is -0.279 e. The fraction of sp³-hybridized carbons (Fsp3) is 0.217. The first kappa shape index (κ1) is 17.5. The number of benzene rings is 3. The first-order valence-electron chi connectivity index (χ1n) is 9.11. The Morgan fingerprint density at radius 1 is 0.654 bits per heavy atom. The van der Waals surface area contributed by atoms with Crippen LogP contribution in [0.15, 0.2) is 89.4 Å². The molecule has 4 rings (SSSR count). The number of hydrogen-bond acceptors (Lipinski definition) is 2. The molecule has 26 heavy (non-hydrogen) atoms. The van der Waals surface area contributed by atoms with E-state index in [-0.39, 0.29) is 0 Å². The summed E-state index contributed by atoms with van der Waals surface area (Å²) in [5.74, 6) is 0. The van der Waals surface area contributed by atoms with E-state index in [1.807, 2.05) is 0 Å². The second kappa shape index (κ2) is 8.17. The Kier molecular flexibility index (Phi) is 5.49. The Morgan fingerprint density at radius 2 is 1.12 bits per heavy atom. The van der Waals surface area contributed by atoms with Gasteiger partial charge in [0, 0.05) is 30.7 Å². The molecule has 1 saturated heterocycles. The second-order valence-electron chi connectivity index (χ2n) is 6.84. The zero-order valence-electron chi connectivity index (χ0n) is 14.8. The Hall–Kier alpha value is -1.94. The number of nitrogens with zero attached hydrogens (tertiary/aromatic N) is 2. The van der Waals surface area contributed by atoms with Crippen LogP contribution in [0.1, 0.15) is 22.9 Å². The first-order valence-corrected chi connectivity index (χ1v) is 9.90. The van der Waals surface area contributed by atoms with Gasteiger partial charge in [-0.2, -0.15) is 0 Å². The molecule has 3 heteroatoms. The average Bonchev–Trinajstić information content (AvgIpc) is 3.06. The van der Waals surface area contributed by atoms with Gasteiger partial charge in [0.15, 0.2) is 0 Å². The molecule has 0 radical (unpaired) electrons. The van der Waals surface area contributed by atoms with Crippen molar-refractivity contribution in [2.75, 3.05) is 13.1 Å². The van der Waals surface area contributed by atoms with E-state index < -0.39 is 0 Å². The maximum absolute atomic E-state index is 3.56. The van der Waals surface area contributed by atoms with Gasteiger partial charge in [0.1, 0.15) is 0 Å². The smallest absolute Gasteiger partial charge is 0.0892 e. The third-order valence-corrected chi connectivity index (χ3v) is 5.52. The predicted molar refractivity (Wildman–Crippen MR) is 111 cm³/mol. The van der Waals surface area contributed by atoms with Crippen LogP contribution in [-0.2, 0) is 13.1 Å². The molecular weight excluding hydrogens is 384 g/mol. The fourth-order valence-electron chi connectivity index (χ4n) is 3.76. The van der Waals surface area contributed by atoms with Crippen molar-refractivity contribution in [3.63, 3.8) is 0 Å². The van der Waals surface area contributed by atoms with Crippen molar-refractivity contribution >= 4 is 15.9 Å². The molecule has 0 spiro atoms. The molecule has 0 aliphatic carbocycles. The van der Waals surface area contributed by atoms with Crippen molar-refractivity contribution in [1.29, 1.82) is 0 Å². The van der Waals surface area contributed by atoms with Crippen molar-refractivity contribution in [1.82, 2.24) is 9.80 Å². The highest BCUT2D eigenvalue weighted by atomic mass is 79.9. The Labute approximate surface area is 164 Å². The van der Waals surface area contributed by atoms with Gasteiger partial charge in [0.2, 0.25) is 0 Å². The minimum atomic E-state index is 0.309. The van der Waals surface area contributed by atoms with Crippen molar-refractivity contribution in [3.8, 4) is 0 Å². The van der Waals surface area contributed by atoms with E-state index in [0.717, 1.165) is 30.7 Å². The standard InChI is InChI=1S/C23H23BrN2/c24-22-13-11-21(12-14-22)23-25(17-19-7-3-1-4-8-19)15-16-26(23)18-20-9-5-2-6-10-20/h1-14,23H,15-18H2. The van der Waals surface area contributed by atoms with Gasteiger partial charge in [0.05, 0.1) is 6.17 Å². The van der Waals surface area contributed by atoms with E-state index in [2.05, 4.69) is 111 Å². The minimum absolute atomic E-state index is 0.309. The van der Waals surface area contributed by atoms with Crippen molar-refractivity contribution < 1.29 is 0 Å². The van der Waals surface area contributed by atoms with Crippen LogP contribution in [0.2, 0.25) is 0 Å². The highest BCUT2D eigenvalue weighted by Gasteiger charge is 2.32. The normalized spacial score (nSPS) is 16.2. The molecule has 0 unspecified atom stereocenters. The molecular formula is C23H23BrN2. The third kappa shape index (κ3) is 4.07. The zero-order chi connectivity index (χ0) is 17.8.